The highest BCUT2D eigenvalue weighted by Gasteiger charge is 2.58. The largest absolute Gasteiger partial charge is 0.490 e. The molecule has 0 aliphatic carbocycles. The maximum atomic E-state index is 15.5. The Kier molecular flexibility index (Phi) is 6.94. The van der Waals surface area contributed by atoms with Crippen LogP contribution in [0, 0.1) is 12.3 Å². The SMILES string of the molecule is C#CC1(F)[C@@H](O)[C@@H](COP(=O)(O)OP(=O)(O)OP(=O)(O)O)O[C@H]1n1cnc2c(=O)[nH]c(N)nc21. The number of alkyl halides is 1. The van der Waals surface area contributed by atoms with Crippen molar-refractivity contribution >= 4 is 40.6 Å². The Bertz CT molecular complexity index is 1350. The second kappa shape index (κ2) is 8.88. The van der Waals surface area contributed by atoms with Crippen molar-refractivity contribution in [2.45, 2.75) is 24.1 Å². The fourth-order valence-corrected chi connectivity index (χ4v) is 5.93. The van der Waals surface area contributed by atoms with E-state index >= 15 is 4.39 Å². The quantitative estimate of drug-likeness (QED) is 0.148. The molecule has 8 N–H and O–H groups in total. The molecule has 1 aliphatic heterocycles. The van der Waals surface area contributed by atoms with E-state index in [1.54, 1.807) is 5.92 Å². The van der Waals surface area contributed by atoms with Crippen LogP contribution in [-0.4, -0.2) is 68.7 Å². The molecule has 0 aromatic carbocycles. The predicted molar refractivity (Wildman–Crippen MR) is 105 cm³/mol. The predicted octanol–water partition coefficient (Wildman–Crippen LogP) is -1.36. The highest BCUT2D eigenvalue weighted by Crippen LogP contribution is 2.66. The summed E-state index contributed by atoms with van der Waals surface area (Å²) < 4.78 is 66.9. The summed E-state index contributed by atoms with van der Waals surface area (Å²) in [5.41, 5.74) is 1.06. The average molecular weight is 549 g/mol. The number of nitrogen functional groups attached to an aromatic ring is 1. The number of phosphoric acid groups is 3. The van der Waals surface area contributed by atoms with Gasteiger partial charge in [-0.2, -0.15) is 13.6 Å². The number of halogens is 1. The minimum Gasteiger partial charge on any atom is -0.386 e. The van der Waals surface area contributed by atoms with Gasteiger partial charge in [0.15, 0.2) is 17.4 Å². The second-order valence-electron chi connectivity index (χ2n) is 6.55. The highest BCUT2D eigenvalue weighted by atomic mass is 31.3. The normalized spacial score (nSPS) is 28.9. The van der Waals surface area contributed by atoms with Crippen LogP contribution in [0.1, 0.15) is 6.23 Å². The van der Waals surface area contributed by atoms with E-state index < -0.39 is 59.7 Å². The maximum absolute atomic E-state index is 15.5. The van der Waals surface area contributed by atoms with E-state index in [0.717, 1.165) is 10.9 Å². The number of aliphatic hydroxyl groups is 1. The van der Waals surface area contributed by atoms with Crippen molar-refractivity contribution in [3.05, 3.63) is 16.7 Å². The zero-order chi connectivity index (χ0) is 25.7. The van der Waals surface area contributed by atoms with Crippen molar-refractivity contribution in [3.8, 4) is 12.3 Å². The van der Waals surface area contributed by atoms with E-state index in [-0.39, 0.29) is 17.1 Å². The summed E-state index contributed by atoms with van der Waals surface area (Å²) in [5, 5.41) is 10.3. The average Bonchev–Trinajstić information content (AvgIpc) is 3.17. The van der Waals surface area contributed by atoms with Gasteiger partial charge in [-0.05, 0) is 0 Å². The van der Waals surface area contributed by atoms with Crippen molar-refractivity contribution in [1.82, 2.24) is 19.5 Å². The summed E-state index contributed by atoms with van der Waals surface area (Å²) in [6.45, 7) is -1.20. The fraction of sp³-hybridized carbons (Fsp3) is 0.417. The van der Waals surface area contributed by atoms with E-state index in [1.165, 1.54) is 0 Å². The van der Waals surface area contributed by atoms with Crippen LogP contribution < -0.4 is 11.3 Å². The standard InChI is InChI=1S/C12H15FN5O13P3/c1-2-12(13)7(19)5(3-28-33(24,25)31-34(26,27)30-32(21,22)23)29-10(12)18-4-15-6-8(18)16-11(14)17-9(6)20/h1,4-5,7,10,19H,3H2,(H,24,25)(H,26,27)(H2,21,22,23)(H3,14,16,17,20)/t5-,7+,10-,12?/m1/s1. The van der Waals surface area contributed by atoms with Gasteiger partial charge in [0.25, 0.3) is 5.56 Å². The molecule has 0 bridgehead atoms. The van der Waals surface area contributed by atoms with Crippen LogP contribution in [0.3, 0.4) is 0 Å². The third-order valence-electron chi connectivity index (χ3n) is 4.19. The summed E-state index contributed by atoms with van der Waals surface area (Å²) in [4.78, 5) is 57.3. The van der Waals surface area contributed by atoms with Gasteiger partial charge in [0.05, 0.1) is 12.9 Å². The van der Waals surface area contributed by atoms with Gasteiger partial charge in [0.1, 0.15) is 12.2 Å². The maximum Gasteiger partial charge on any atom is 0.490 e. The number of ether oxygens (including phenoxy) is 1. The van der Waals surface area contributed by atoms with Gasteiger partial charge >= 0.3 is 23.5 Å². The zero-order valence-electron chi connectivity index (χ0n) is 16.2. The van der Waals surface area contributed by atoms with Crippen molar-refractivity contribution in [2.24, 2.45) is 0 Å². The molecule has 1 saturated heterocycles. The first-order valence-electron chi connectivity index (χ1n) is 8.49. The number of nitrogens with zero attached hydrogens (tertiary/aromatic N) is 3. The zero-order valence-corrected chi connectivity index (χ0v) is 18.9. The fourth-order valence-electron chi connectivity index (χ4n) is 2.90. The Labute approximate surface area is 186 Å². The van der Waals surface area contributed by atoms with E-state index in [2.05, 4.69) is 28.1 Å². The van der Waals surface area contributed by atoms with Crippen molar-refractivity contribution < 1.29 is 60.6 Å². The molecule has 2 aromatic heterocycles. The number of rotatable bonds is 8. The molecule has 188 valence electrons. The molecular formula is C12H15FN5O13P3. The molecule has 0 saturated carbocycles. The molecule has 0 amide bonds. The molecule has 34 heavy (non-hydrogen) atoms. The number of imidazole rings is 1. The molecule has 6 atom stereocenters. The molecule has 18 nitrogen and oxygen atoms in total. The van der Waals surface area contributed by atoms with Gasteiger partial charge < -0.3 is 35.2 Å². The van der Waals surface area contributed by atoms with Crippen LogP contribution in [0.15, 0.2) is 11.1 Å². The number of nitrogens with one attached hydrogen (secondary N) is 1. The number of aliphatic hydroxyl groups excluding tert-OH is 1. The Hall–Kier alpha value is -2.03. The molecule has 0 spiro atoms. The first-order chi connectivity index (χ1) is 15.5. The van der Waals surface area contributed by atoms with Crippen LogP contribution in [0.25, 0.3) is 11.2 Å². The molecule has 1 aliphatic rings. The molecule has 2 aromatic rings. The van der Waals surface area contributed by atoms with Crippen LogP contribution in [0.4, 0.5) is 10.3 Å². The number of phosphoric ester groups is 1. The number of hydrogen-bond acceptors (Lipinski definition) is 12. The lowest BCUT2D eigenvalue weighted by atomic mass is 9.97. The molecular weight excluding hydrogens is 534 g/mol. The van der Waals surface area contributed by atoms with Crippen molar-refractivity contribution in [1.29, 1.82) is 0 Å². The summed E-state index contributed by atoms with van der Waals surface area (Å²) in [5.74, 6) is 1.30. The third-order valence-corrected chi connectivity index (χ3v) is 7.99. The lowest BCUT2D eigenvalue weighted by Gasteiger charge is -2.23. The topological polar surface area (TPSA) is 279 Å². The van der Waals surface area contributed by atoms with E-state index in [1.807, 2.05) is 0 Å². The van der Waals surface area contributed by atoms with Gasteiger partial charge in [0, 0.05) is 0 Å². The number of anilines is 1. The van der Waals surface area contributed by atoms with Crippen LogP contribution in [0.2, 0.25) is 0 Å². The molecule has 1 fully saturated rings. The molecule has 3 heterocycles. The summed E-state index contributed by atoms with van der Waals surface area (Å²) in [6.07, 6.45) is 0.120. The lowest BCUT2D eigenvalue weighted by Crippen LogP contribution is -2.42. The monoisotopic (exact) mass is 549 g/mol. The lowest BCUT2D eigenvalue weighted by molar-refractivity contribution is -0.0496. The van der Waals surface area contributed by atoms with Crippen LogP contribution in [0.5, 0.6) is 0 Å². The molecule has 22 heteroatoms. The third kappa shape index (κ3) is 5.44. The van der Waals surface area contributed by atoms with E-state index in [4.69, 9.17) is 31.6 Å². The van der Waals surface area contributed by atoms with Crippen molar-refractivity contribution in [3.63, 3.8) is 0 Å². The van der Waals surface area contributed by atoms with Crippen LogP contribution >= 0.6 is 23.5 Å². The minimum absolute atomic E-state index is 0.288. The summed E-state index contributed by atoms with van der Waals surface area (Å²) in [6, 6.07) is 0. The van der Waals surface area contributed by atoms with Gasteiger partial charge in [-0.25, -0.2) is 23.1 Å². The van der Waals surface area contributed by atoms with E-state index in [9.17, 15) is 28.5 Å². The number of nitrogens with two attached hydrogens (primary N) is 1. The molecule has 0 radical (unpaired) electrons. The Morgan fingerprint density at radius 2 is 1.94 bits per heavy atom. The number of fused-ring (bicyclic) bond motifs is 1. The molecule has 3 rings (SSSR count). The smallest absolute Gasteiger partial charge is 0.386 e. The van der Waals surface area contributed by atoms with Crippen LogP contribution in [-0.2, 0) is 31.6 Å². The van der Waals surface area contributed by atoms with Gasteiger partial charge in [-0.15, -0.1) is 6.42 Å². The number of aromatic nitrogens is 4. The minimum atomic E-state index is -5.81. The highest BCUT2D eigenvalue weighted by molar-refractivity contribution is 7.66. The van der Waals surface area contributed by atoms with Gasteiger partial charge in [-0.1, -0.05) is 5.92 Å². The van der Waals surface area contributed by atoms with Crippen molar-refractivity contribution in [2.75, 3.05) is 12.3 Å². The van der Waals surface area contributed by atoms with Gasteiger partial charge in [-0.3, -0.25) is 18.9 Å². The molecule has 3 unspecified atom stereocenters. The Morgan fingerprint density at radius 3 is 2.53 bits per heavy atom. The number of terminal acetylenes is 1. The second-order valence-corrected chi connectivity index (χ2v) is 11.0. The number of hydrogen-bond donors (Lipinski definition) is 7. The number of H-pyrrole nitrogens is 1. The van der Waals surface area contributed by atoms with Gasteiger partial charge in [0.2, 0.25) is 11.6 Å². The first-order valence-corrected chi connectivity index (χ1v) is 13.0. The Balaban J connectivity index is 1.83. The summed E-state index contributed by atoms with van der Waals surface area (Å²) >= 11 is 0. The Morgan fingerprint density at radius 1 is 1.29 bits per heavy atom. The number of aromatic amines is 1. The first kappa shape index (κ1) is 26.6. The summed E-state index contributed by atoms with van der Waals surface area (Å²) in [7, 11) is -17.0. The van der Waals surface area contributed by atoms with E-state index in [0.29, 0.717) is 0 Å².